The fraction of sp³-hybridized carbons (Fsp3) is 0.286. The van der Waals surface area contributed by atoms with Crippen LogP contribution in [-0.2, 0) is 0 Å². The Morgan fingerprint density at radius 1 is 1.00 bits per heavy atom. The number of hydrogen-bond donors (Lipinski definition) is 1. The molecule has 0 aliphatic rings. The average molecular weight is 214 g/mol. The van der Waals surface area contributed by atoms with Crippen molar-refractivity contribution in [1.82, 2.24) is 0 Å². The molecule has 0 aliphatic carbocycles. The molecule has 0 spiro atoms. The molecular formula is C14H18N2. The van der Waals surface area contributed by atoms with Gasteiger partial charge in [0.15, 0.2) is 0 Å². The number of anilines is 2. The summed E-state index contributed by atoms with van der Waals surface area (Å²) in [5.41, 5.74) is 10.5. The first-order chi connectivity index (χ1) is 7.50. The number of nitrogens with zero attached hydrogens (tertiary/aromatic N) is 1. The third-order valence-electron chi connectivity index (χ3n) is 3.09. The SMILES string of the molecule is Cc1cc(N(C)C)c(C)c2ccc(N)cc12. The highest BCUT2D eigenvalue weighted by molar-refractivity contribution is 5.94. The molecule has 0 saturated heterocycles. The summed E-state index contributed by atoms with van der Waals surface area (Å²) >= 11 is 0. The second-order valence-corrected chi connectivity index (χ2v) is 4.54. The Bertz CT molecular complexity index is 542. The number of hydrogen-bond acceptors (Lipinski definition) is 2. The van der Waals surface area contributed by atoms with Crippen LogP contribution in [0.4, 0.5) is 11.4 Å². The van der Waals surface area contributed by atoms with Crippen LogP contribution in [0.15, 0.2) is 24.3 Å². The highest BCUT2D eigenvalue weighted by Gasteiger charge is 2.08. The van der Waals surface area contributed by atoms with Crippen LogP contribution in [0.2, 0.25) is 0 Å². The Balaban J connectivity index is 2.84. The van der Waals surface area contributed by atoms with Crippen molar-refractivity contribution < 1.29 is 0 Å². The second-order valence-electron chi connectivity index (χ2n) is 4.54. The monoisotopic (exact) mass is 214 g/mol. The maximum Gasteiger partial charge on any atom is 0.0399 e. The van der Waals surface area contributed by atoms with Gasteiger partial charge in [-0.1, -0.05) is 6.07 Å². The minimum Gasteiger partial charge on any atom is -0.399 e. The first-order valence-corrected chi connectivity index (χ1v) is 5.47. The molecule has 2 heteroatoms. The van der Waals surface area contributed by atoms with Crippen LogP contribution in [-0.4, -0.2) is 14.1 Å². The van der Waals surface area contributed by atoms with E-state index in [1.165, 1.54) is 27.6 Å². The fourth-order valence-electron chi connectivity index (χ4n) is 2.21. The zero-order valence-corrected chi connectivity index (χ0v) is 10.3. The highest BCUT2D eigenvalue weighted by Crippen LogP contribution is 2.31. The summed E-state index contributed by atoms with van der Waals surface area (Å²) < 4.78 is 0. The summed E-state index contributed by atoms with van der Waals surface area (Å²) in [6.45, 7) is 4.29. The van der Waals surface area contributed by atoms with E-state index in [-0.39, 0.29) is 0 Å². The number of rotatable bonds is 1. The van der Waals surface area contributed by atoms with Crippen LogP contribution in [0.1, 0.15) is 11.1 Å². The summed E-state index contributed by atoms with van der Waals surface area (Å²) in [6.07, 6.45) is 0. The Morgan fingerprint density at radius 2 is 1.69 bits per heavy atom. The summed E-state index contributed by atoms with van der Waals surface area (Å²) in [5, 5.41) is 2.54. The van der Waals surface area contributed by atoms with Gasteiger partial charge in [0.2, 0.25) is 0 Å². The van der Waals surface area contributed by atoms with E-state index in [9.17, 15) is 0 Å². The third-order valence-corrected chi connectivity index (χ3v) is 3.09. The van der Waals surface area contributed by atoms with E-state index in [1.54, 1.807) is 0 Å². The molecule has 0 fully saturated rings. The van der Waals surface area contributed by atoms with Crippen LogP contribution in [0.25, 0.3) is 10.8 Å². The van der Waals surface area contributed by atoms with Crippen molar-refractivity contribution in [2.24, 2.45) is 0 Å². The van der Waals surface area contributed by atoms with Crippen molar-refractivity contribution in [3.05, 3.63) is 35.4 Å². The van der Waals surface area contributed by atoms with E-state index in [2.05, 4.69) is 51.0 Å². The minimum atomic E-state index is 0.826. The van der Waals surface area contributed by atoms with Gasteiger partial charge in [0.05, 0.1) is 0 Å². The van der Waals surface area contributed by atoms with Crippen molar-refractivity contribution in [1.29, 1.82) is 0 Å². The minimum absolute atomic E-state index is 0.826. The second kappa shape index (κ2) is 3.71. The lowest BCUT2D eigenvalue weighted by molar-refractivity contribution is 1.12. The molecule has 2 N–H and O–H groups in total. The van der Waals surface area contributed by atoms with E-state index in [0.29, 0.717) is 0 Å². The lowest BCUT2D eigenvalue weighted by Gasteiger charge is -2.19. The standard InChI is InChI=1S/C14H18N2/c1-9-7-14(16(3)4)10(2)12-6-5-11(15)8-13(9)12/h5-8H,15H2,1-4H3. The maximum absolute atomic E-state index is 5.83. The fourth-order valence-corrected chi connectivity index (χ4v) is 2.21. The lowest BCUT2D eigenvalue weighted by Crippen LogP contribution is -2.10. The predicted octanol–water partition coefficient (Wildman–Crippen LogP) is 3.10. The van der Waals surface area contributed by atoms with Gasteiger partial charge in [-0.2, -0.15) is 0 Å². The van der Waals surface area contributed by atoms with E-state index < -0.39 is 0 Å². The van der Waals surface area contributed by atoms with Crippen LogP contribution >= 0.6 is 0 Å². The Kier molecular flexibility index (Phi) is 2.50. The zero-order chi connectivity index (χ0) is 11.9. The molecule has 0 atom stereocenters. The number of nitrogens with two attached hydrogens (primary N) is 1. The van der Waals surface area contributed by atoms with Gasteiger partial charge in [-0.25, -0.2) is 0 Å². The van der Waals surface area contributed by atoms with Gasteiger partial charge in [-0.3, -0.25) is 0 Å². The van der Waals surface area contributed by atoms with Crippen LogP contribution in [0.3, 0.4) is 0 Å². The number of fused-ring (bicyclic) bond motifs is 1. The van der Waals surface area contributed by atoms with Gasteiger partial charge in [-0.15, -0.1) is 0 Å². The van der Waals surface area contributed by atoms with Gasteiger partial charge in [0.25, 0.3) is 0 Å². The summed E-state index contributed by atoms with van der Waals surface area (Å²) in [6, 6.07) is 8.35. The Morgan fingerprint density at radius 3 is 2.31 bits per heavy atom. The smallest absolute Gasteiger partial charge is 0.0399 e. The molecule has 2 nitrogen and oxygen atoms in total. The van der Waals surface area contributed by atoms with Gasteiger partial charge < -0.3 is 10.6 Å². The normalized spacial score (nSPS) is 10.8. The molecule has 2 aromatic carbocycles. The van der Waals surface area contributed by atoms with Gasteiger partial charge in [0.1, 0.15) is 0 Å². The quantitative estimate of drug-likeness (QED) is 0.739. The molecule has 0 radical (unpaired) electrons. The molecule has 0 aromatic heterocycles. The predicted molar refractivity (Wildman–Crippen MR) is 72.2 cm³/mol. The van der Waals surface area contributed by atoms with E-state index in [0.717, 1.165) is 5.69 Å². The van der Waals surface area contributed by atoms with Gasteiger partial charge in [0, 0.05) is 25.5 Å². The lowest BCUT2D eigenvalue weighted by atomic mass is 9.98. The largest absolute Gasteiger partial charge is 0.399 e. The number of aryl methyl sites for hydroxylation is 2. The first kappa shape index (κ1) is 10.8. The average Bonchev–Trinajstić information content (AvgIpc) is 2.22. The number of benzene rings is 2. The molecule has 0 saturated carbocycles. The molecule has 0 heterocycles. The summed E-state index contributed by atoms with van der Waals surface area (Å²) in [4.78, 5) is 2.15. The van der Waals surface area contributed by atoms with Crippen molar-refractivity contribution in [2.75, 3.05) is 24.7 Å². The molecule has 0 amide bonds. The Labute approximate surface area is 96.7 Å². The third kappa shape index (κ3) is 1.60. The molecule has 0 aliphatic heterocycles. The highest BCUT2D eigenvalue weighted by atomic mass is 15.1. The maximum atomic E-state index is 5.83. The molecule has 84 valence electrons. The van der Waals surface area contributed by atoms with Crippen molar-refractivity contribution in [3.63, 3.8) is 0 Å². The first-order valence-electron chi connectivity index (χ1n) is 5.47. The molecule has 2 rings (SSSR count). The zero-order valence-electron chi connectivity index (χ0n) is 10.3. The number of nitrogen functional groups attached to an aromatic ring is 1. The van der Waals surface area contributed by atoms with E-state index in [4.69, 9.17) is 5.73 Å². The van der Waals surface area contributed by atoms with E-state index in [1.807, 2.05) is 6.07 Å². The molecule has 2 aromatic rings. The van der Waals surface area contributed by atoms with Crippen molar-refractivity contribution in [2.45, 2.75) is 13.8 Å². The van der Waals surface area contributed by atoms with Crippen molar-refractivity contribution in [3.8, 4) is 0 Å². The van der Waals surface area contributed by atoms with Gasteiger partial charge >= 0.3 is 0 Å². The Hall–Kier alpha value is -1.70. The van der Waals surface area contributed by atoms with Crippen molar-refractivity contribution >= 4 is 22.1 Å². The molecule has 16 heavy (non-hydrogen) atoms. The molecular weight excluding hydrogens is 196 g/mol. The summed E-state index contributed by atoms with van der Waals surface area (Å²) in [7, 11) is 4.15. The molecule has 0 unspecified atom stereocenters. The van der Waals surface area contributed by atoms with E-state index >= 15 is 0 Å². The summed E-state index contributed by atoms with van der Waals surface area (Å²) in [5.74, 6) is 0. The van der Waals surface area contributed by atoms with Crippen LogP contribution in [0.5, 0.6) is 0 Å². The topological polar surface area (TPSA) is 29.3 Å². The van der Waals surface area contributed by atoms with Crippen LogP contribution in [0, 0.1) is 13.8 Å². The molecule has 0 bridgehead atoms. The van der Waals surface area contributed by atoms with Gasteiger partial charge in [-0.05, 0) is 53.9 Å². The van der Waals surface area contributed by atoms with Crippen LogP contribution < -0.4 is 10.6 Å².